The van der Waals surface area contributed by atoms with Crippen LogP contribution in [0.4, 0.5) is 0 Å². The van der Waals surface area contributed by atoms with E-state index in [1.807, 2.05) is 0 Å². The average Bonchev–Trinajstić information content (AvgIpc) is 2.47. The summed E-state index contributed by atoms with van der Waals surface area (Å²) in [5, 5.41) is 9.28. The van der Waals surface area contributed by atoms with Gasteiger partial charge in [-0.3, -0.25) is 4.79 Å². The van der Waals surface area contributed by atoms with E-state index in [-0.39, 0.29) is 19.0 Å². The fourth-order valence-corrected chi connectivity index (χ4v) is 1.73. The largest absolute Gasteiger partial charge is 0.391 e. The van der Waals surface area contributed by atoms with Gasteiger partial charge in [-0.2, -0.15) is 0 Å². The van der Waals surface area contributed by atoms with E-state index >= 15 is 0 Å². The second-order valence-electron chi connectivity index (χ2n) is 2.54. The predicted octanol–water partition coefficient (Wildman–Crippen LogP) is 0.773. The summed E-state index contributed by atoms with van der Waals surface area (Å²) < 4.78 is 4.70. The van der Waals surface area contributed by atoms with E-state index in [1.54, 1.807) is 6.92 Å². The first kappa shape index (κ1) is 10.3. The zero-order chi connectivity index (χ0) is 9.84. The number of ether oxygens (including phenoxy) is 1. The average molecular weight is 201 g/mol. The molecule has 0 aromatic carbocycles. The van der Waals surface area contributed by atoms with Gasteiger partial charge in [0.1, 0.15) is 6.61 Å². The Morgan fingerprint density at radius 3 is 2.85 bits per heavy atom. The van der Waals surface area contributed by atoms with Crippen LogP contribution in [0.15, 0.2) is 0 Å². The number of methoxy groups -OCH3 is 1. The van der Waals surface area contributed by atoms with Gasteiger partial charge in [0, 0.05) is 7.11 Å². The third-order valence-electron chi connectivity index (χ3n) is 1.55. The van der Waals surface area contributed by atoms with E-state index in [2.05, 4.69) is 4.98 Å². The molecule has 1 rings (SSSR count). The topological polar surface area (TPSA) is 59.4 Å². The van der Waals surface area contributed by atoms with Crippen LogP contribution in [-0.2, 0) is 11.3 Å². The van der Waals surface area contributed by atoms with E-state index in [4.69, 9.17) is 9.84 Å². The smallest absolute Gasteiger partial charge is 0.216 e. The van der Waals surface area contributed by atoms with Gasteiger partial charge in [-0.25, -0.2) is 4.98 Å². The molecule has 1 heterocycles. The normalized spacial score (nSPS) is 10.4. The van der Waals surface area contributed by atoms with Gasteiger partial charge >= 0.3 is 0 Å². The van der Waals surface area contributed by atoms with Gasteiger partial charge in [0.15, 0.2) is 5.01 Å². The van der Waals surface area contributed by atoms with Crippen LogP contribution < -0.4 is 0 Å². The van der Waals surface area contributed by atoms with Gasteiger partial charge in [0.05, 0.1) is 17.2 Å². The number of ketones is 1. The van der Waals surface area contributed by atoms with Gasteiger partial charge in [-0.05, 0) is 6.92 Å². The first-order chi connectivity index (χ1) is 6.19. The molecule has 4 nitrogen and oxygen atoms in total. The second kappa shape index (κ2) is 4.45. The summed E-state index contributed by atoms with van der Waals surface area (Å²) in [4.78, 5) is 16.0. The Hall–Kier alpha value is -0.780. The highest BCUT2D eigenvalue weighted by molar-refractivity contribution is 7.13. The van der Waals surface area contributed by atoms with E-state index in [9.17, 15) is 4.79 Å². The maximum atomic E-state index is 11.3. The number of rotatable bonds is 4. The number of aryl methyl sites for hydroxylation is 1. The number of aromatic nitrogens is 1. The lowest BCUT2D eigenvalue weighted by Crippen LogP contribution is -2.06. The molecule has 0 atom stereocenters. The van der Waals surface area contributed by atoms with Crippen molar-refractivity contribution < 1.29 is 14.6 Å². The zero-order valence-electron chi connectivity index (χ0n) is 7.53. The van der Waals surface area contributed by atoms with Crippen LogP contribution in [-0.4, -0.2) is 29.6 Å². The summed E-state index contributed by atoms with van der Waals surface area (Å²) in [7, 11) is 1.46. The fraction of sp³-hybridized carbons (Fsp3) is 0.500. The van der Waals surface area contributed by atoms with Crippen molar-refractivity contribution in [2.45, 2.75) is 13.5 Å². The van der Waals surface area contributed by atoms with Crippen LogP contribution in [0.3, 0.4) is 0 Å². The minimum Gasteiger partial charge on any atom is -0.391 e. The first-order valence-corrected chi connectivity index (χ1v) is 4.60. The van der Waals surface area contributed by atoms with Crippen LogP contribution in [0.1, 0.15) is 20.4 Å². The lowest BCUT2D eigenvalue weighted by molar-refractivity contribution is 0.0847. The maximum Gasteiger partial charge on any atom is 0.216 e. The first-order valence-electron chi connectivity index (χ1n) is 3.78. The van der Waals surface area contributed by atoms with Crippen molar-refractivity contribution in [3.63, 3.8) is 0 Å². The van der Waals surface area contributed by atoms with Crippen LogP contribution in [0.25, 0.3) is 0 Å². The number of carbonyl (C=O) groups excluding carboxylic acids is 1. The number of aliphatic hydroxyl groups is 1. The number of aliphatic hydroxyl groups excluding tert-OH is 1. The quantitative estimate of drug-likeness (QED) is 0.731. The summed E-state index contributed by atoms with van der Waals surface area (Å²) in [6.07, 6.45) is 0. The van der Waals surface area contributed by atoms with Crippen molar-refractivity contribution >= 4 is 17.1 Å². The SMILES string of the molecule is COCC(=O)c1nc(C)c(CO)s1. The molecule has 0 fully saturated rings. The number of hydrogen-bond donors (Lipinski definition) is 1. The summed E-state index contributed by atoms with van der Waals surface area (Å²) >= 11 is 1.22. The van der Waals surface area contributed by atoms with E-state index < -0.39 is 0 Å². The molecule has 0 aliphatic rings. The molecule has 1 N–H and O–H groups in total. The maximum absolute atomic E-state index is 11.3. The minimum absolute atomic E-state index is 0.0395. The molecule has 5 heteroatoms. The van der Waals surface area contributed by atoms with Gasteiger partial charge in [0.2, 0.25) is 5.78 Å². The molecule has 1 aromatic heterocycles. The van der Waals surface area contributed by atoms with Crippen molar-refractivity contribution in [2.75, 3.05) is 13.7 Å². The summed E-state index contributed by atoms with van der Waals surface area (Å²) in [5.41, 5.74) is 0.715. The number of hydrogen-bond acceptors (Lipinski definition) is 5. The minimum atomic E-state index is -0.143. The van der Waals surface area contributed by atoms with Crippen molar-refractivity contribution in [3.8, 4) is 0 Å². The molecule has 1 aromatic rings. The molecule has 13 heavy (non-hydrogen) atoms. The zero-order valence-corrected chi connectivity index (χ0v) is 8.35. The lowest BCUT2D eigenvalue weighted by Gasteiger charge is -1.91. The van der Waals surface area contributed by atoms with Crippen LogP contribution in [0.5, 0.6) is 0 Å². The van der Waals surface area contributed by atoms with Gasteiger partial charge in [0.25, 0.3) is 0 Å². The molecule has 0 saturated heterocycles. The van der Waals surface area contributed by atoms with Crippen LogP contribution in [0, 0.1) is 6.92 Å². The highest BCUT2D eigenvalue weighted by atomic mass is 32.1. The molecule has 72 valence electrons. The van der Waals surface area contributed by atoms with E-state index in [1.165, 1.54) is 18.4 Å². The van der Waals surface area contributed by atoms with E-state index in [0.29, 0.717) is 10.7 Å². The van der Waals surface area contributed by atoms with Gasteiger partial charge in [-0.15, -0.1) is 11.3 Å². The number of thiazole rings is 1. The van der Waals surface area contributed by atoms with Gasteiger partial charge in [-0.1, -0.05) is 0 Å². The van der Waals surface area contributed by atoms with Crippen molar-refractivity contribution in [1.29, 1.82) is 0 Å². The molecule has 0 radical (unpaired) electrons. The van der Waals surface area contributed by atoms with E-state index in [0.717, 1.165) is 4.88 Å². The Labute approximate surface area is 80.2 Å². The molecule has 0 aliphatic heterocycles. The Morgan fingerprint density at radius 1 is 1.69 bits per heavy atom. The standard InChI is InChI=1S/C8H11NO3S/c1-5-7(3-10)13-8(9-5)6(11)4-12-2/h10H,3-4H2,1-2H3. The Kier molecular flexibility index (Phi) is 3.53. The summed E-state index contributed by atoms with van der Waals surface area (Å²) in [6.45, 7) is 1.74. The lowest BCUT2D eigenvalue weighted by atomic mass is 10.4. The van der Waals surface area contributed by atoms with Crippen molar-refractivity contribution in [2.24, 2.45) is 0 Å². The van der Waals surface area contributed by atoms with Gasteiger partial charge < -0.3 is 9.84 Å². The monoisotopic (exact) mass is 201 g/mol. The number of carbonyl (C=O) groups is 1. The molecule has 0 amide bonds. The third kappa shape index (κ3) is 2.33. The highest BCUT2D eigenvalue weighted by Crippen LogP contribution is 2.18. The summed E-state index contributed by atoms with van der Waals surface area (Å²) in [5.74, 6) is -0.143. The molecule has 0 unspecified atom stereocenters. The van der Waals surface area contributed by atoms with Crippen molar-refractivity contribution in [1.82, 2.24) is 4.98 Å². The molecular formula is C8H11NO3S. The van der Waals surface area contributed by atoms with Crippen molar-refractivity contribution in [3.05, 3.63) is 15.6 Å². The number of nitrogens with zero attached hydrogens (tertiary/aromatic N) is 1. The fourth-order valence-electron chi connectivity index (χ4n) is 0.887. The second-order valence-corrected chi connectivity index (χ2v) is 3.63. The molecular weight excluding hydrogens is 190 g/mol. The number of Topliss-reactive ketones (excluding diaryl/α,β-unsaturated/α-hetero) is 1. The molecule has 0 bridgehead atoms. The molecule has 0 spiro atoms. The molecule has 0 saturated carbocycles. The highest BCUT2D eigenvalue weighted by Gasteiger charge is 2.13. The van der Waals surface area contributed by atoms with Crippen LogP contribution >= 0.6 is 11.3 Å². The molecule has 0 aliphatic carbocycles. The van der Waals surface area contributed by atoms with Crippen LogP contribution in [0.2, 0.25) is 0 Å². The Balaban J connectivity index is 2.84. The Bertz CT molecular complexity index is 308. The predicted molar refractivity (Wildman–Crippen MR) is 49.0 cm³/mol. The third-order valence-corrected chi connectivity index (χ3v) is 2.73. The summed E-state index contributed by atoms with van der Waals surface area (Å²) in [6, 6.07) is 0. The Morgan fingerprint density at radius 2 is 2.38 bits per heavy atom.